The Kier molecular flexibility index (Phi) is 5.41. The predicted molar refractivity (Wildman–Crippen MR) is 86.1 cm³/mol. The van der Waals surface area contributed by atoms with E-state index in [9.17, 15) is 4.79 Å². The molecule has 0 fully saturated rings. The minimum Gasteiger partial charge on any atom is -0.497 e. The van der Waals surface area contributed by atoms with E-state index in [2.05, 4.69) is 5.16 Å². The summed E-state index contributed by atoms with van der Waals surface area (Å²) in [5, 5.41) is 4.15. The fraction of sp³-hybridized carbons (Fsp3) is 0.529. The van der Waals surface area contributed by atoms with Crippen LogP contribution in [0.15, 0.2) is 29.4 Å². The zero-order chi connectivity index (χ0) is 16.1. The van der Waals surface area contributed by atoms with E-state index in [1.165, 1.54) is 0 Å². The molecule has 5 nitrogen and oxygen atoms in total. The van der Waals surface area contributed by atoms with Gasteiger partial charge in [-0.1, -0.05) is 19.0 Å². The number of likely N-dealkylation sites (N-methyl/N-ethyl adjacent to an activating group) is 1. The maximum absolute atomic E-state index is 12.0. The summed E-state index contributed by atoms with van der Waals surface area (Å²) in [6.07, 6.45) is 1.21. The first-order valence-electron chi connectivity index (χ1n) is 7.60. The molecule has 0 N–H and O–H groups in total. The summed E-state index contributed by atoms with van der Waals surface area (Å²) in [5.74, 6) is 1.33. The van der Waals surface area contributed by atoms with Crippen LogP contribution in [0.4, 0.5) is 0 Å². The van der Waals surface area contributed by atoms with E-state index in [0.29, 0.717) is 25.3 Å². The fourth-order valence-corrected chi connectivity index (χ4v) is 2.39. The second-order valence-electron chi connectivity index (χ2n) is 6.07. The molecular formula is C17H24N2O3. The van der Waals surface area contributed by atoms with Crippen LogP contribution in [0.1, 0.15) is 32.3 Å². The van der Waals surface area contributed by atoms with Gasteiger partial charge in [0.25, 0.3) is 0 Å². The molecule has 1 amide bonds. The molecule has 1 aliphatic rings. The van der Waals surface area contributed by atoms with Crippen molar-refractivity contribution in [1.29, 1.82) is 0 Å². The number of carbonyl (C=O) groups is 1. The summed E-state index contributed by atoms with van der Waals surface area (Å²) in [6, 6.07) is 7.75. The lowest BCUT2D eigenvalue weighted by Crippen LogP contribution is -2.35. The van der Waals surface area contributed by atoms with Gasteiger partial charge in [0.05, 0.1) is 19.4 Å². The van der Waals surface area contributed by atoms with E-state index in [4.69, 9.17) is 9.57 Å². The second-order valence-corrected chi connectivity index (χ2v) is 6.07. The van der Waals surface area contributed by atoms with E-state index in [0.717, 1.165) is 17.0 Å². The summed E-state index contributed by atoms with van der Waals surface area (Å²) in [6.45, 7) is 4.65. The Morgan fingerprint density at radius 3 is 2.68 bits per heavy atom. The smallest absolute Gasteiger partial charge is 0.222 e. The average molecular weight is 304 g/mol. The van der Waals surface area contributed by atoms with Crippen molar-refractivity contribution in [3.05, 3.63) is 29.8 Å². The van der Waals surface area contributed by atoms with E-state index in [-0.39, 0.29) is 12.0 Å². The molecule has 0 saturated carbocycles. The number of rotatable bonds is 6. The number of methoxy groups -OCH3 is 1. The third-order valence-corrected chi connectivity index (χ3v) is 3.64. The third kappa shape index (κ3) is 4.23. The van der Waals surface area contributed by atoms with Crippen LogP contribution >= 0.6 is 0 Å². The van der Waals surface area contributed by atoms with E-state index < -0.39 is 0 Å². The largest absolute Gasteiger partial charge is 0.497 e. The highest BCUT2D eigenvalue weighted by Crippen LogP contribution is 2.20. The van der Waals surface area contributed by atoms with Crippen molar-refractivity contribution in [2.24, 2.45) is 11.1 Å². The molecule has 1 heterocycles. The van der Waals surface area contributed by atoms with Crippen molar-refractivity contribution in [3.63, 3.8) is 0 Å². The molecule has 0 spiro atoms. The summed E-state index contributed by atoms with van der Waals surface area (Å²) in [7, 11) is 3.46. The maximum Gasteiger partial charge on any atom is 0.222 e. The van der Waals surface area contributed by atoms with Crippen molar-refractivity contribution >= 4 is 11.6 Å². The number of oxime groups is 1. The van der Waals surface area contributed by atoms with Gasteiger partial charge in [0, 0.05) is 19.9 Å². The van der Waals surface area contributed by atoms with Crippen LogP contribution in [0.3, 0.4) is 0 Å². The SMILES string of the molecule is COc1ccc(C2=NOC(CN(C)C(=O)CC(C)C)C2)cc1. The molecule has 22 heavy (non-hydrogen) atoms. The molecule has 0 bridgehead atoms. The second kappa shape index (κ2) is 7.29. The minimum atomic E-state index is -0.0711. The molecule has 1 aliphatic heterocycles. The Bertz CT molecular complexity index is 537. The minimum absolute atomic E-state index is 0.0711. The summed E-state index contributed by atoms with van der Waals surface area (Å²) >= 11 is 0. The topological polar surface area (TPSA) is 51.1 Å². The number of carbonyl (C=O) groups excluding carboxylic acids is 1. The number of hydrogen-bond acceptors (Lipinski definition) is 4. The van der Waals surface area contributed by atoms with Gasteiger partial charge in [0.15, 0.2) is 6.10 Å². The number of benzene rings is 1. The number of nitrogens with zero attached hydrogens (tertiary/aromatic N) is 2. The molecular weight excluding hydrogens is 280 g/mol. The standard InChI is InChI=1S/C17H24N2O3/c1-12(2)9-17(20)19(3)11-15-10-16(18-22-15)13-5-7-14(21-4)8-6-13/h5-8,12,15H,9-11H2,1-4H3. The van der Waals surface area contributed by atoms with Crippen LogP contribution in [0, 0.1) is 5.92 Å². The van der Waals surface area contributed by atoms with E-state index >= 15 is 0 Å². The maximum atomic E-state index is 12.0. The van der Waals surface area contributed by atoms with Gasteiger partial charge in [-0.2, -0.15) is 0 Å². The van der Waals surface area contributed by atoms with E-state index in [1.807, 2.05) is 45.2 Å². The van der Waals surface area contributed by atoms with Crippen molar-refractivity contribution in [3.8, 4) is 5.75 Å². The molecule has 2 rings (SSSR count). The first-order chi connectivity index (χ1) is 10.5. The molecule has 120 valence electrons. The van der Waals surface area contributed by atoms with Gasteiger partial charge in [-0.15, -0.1) is 0 Å². The molecule has 5 heteroatoms. The molecule has 1 atom stereocenters. The molecule has 0 saturated heterocycles. The van der Waals surface area contributed by atoms with Crippen LogP contribution in [0.5, 0.6) is 5.75 Å². The highest BCUT2D eigenvalue weighted by molar-refractivity contribution is 6.01. The Morgan fingerprint density at radius 1 is 1.41 bits per heavy atom. The van der Waals surface area contributed by atoms with Crippen molar-refractivity contribution in [2.75, 3.05) is 20.7 Å². The lowest BCUT2D eigenvalue weighted by molar-refractivity contribution is -0.132. The van der Waals surface area contributed by atoms with Gasteiger partial charge in [-0.3, -0.25) is 4.79 Å². The van der Waals surface area contributed by atoms with Crippen LogP contribution < -0.4 is 4.74 Å². The van der Waals surface area contributed by atoms with Crippen molar-refractivity contribution in [1.82, 2.24) is 4.90 Å². The predicted octanol–water partition coefficient (Wildman–Crippen LogP) is 2.69. The molecule has 1 aromatic carbocycles. The quantitative estimate of drug-likeness (QED) is 0.812. The first-order valence-corrected chi connectivity index (χ1v) is 7.60. The Morgan fingerprint density at radius 2 is 2.09 bits per heavy atom. The van der Waals surface area contributed by atoms with Crippen LogP contribution in [0.25, 0.3) is 0 Å². The highest BCUT2D eigenvalue weighted by atomic mass is 16.6. The summed E-state index contributed by atoms with van der Waals surface area (Å²) in [4.78, 5) is 19.2. The zero-order valence-corrected chi connectivity index (χ0v) is 13.7. The van der Waals surface area contributed by atoms with Gasteiger partial charge in [-0.25, -0.2) is 0 Å². The normalized spacial score (nSPS) is 17.1. The van der Waals surface area contributed by atoms with Gasteiger partial charge >= 0.3 is 0 Å². The number of ether oxygens (including phenoxy) is 1. The van der Waals surface area contributed by atoms with Gasteiger partial charge in [0.1, 0.15) is 5.75 Å². The molecule has 0 aromatic heterocycles. The van der Waals surface area contributed by atoms with Crippen molar-refractivity contribution in [2.45, 2.75) is 32.8 Å². The van der Waals surface area contributed by atoms with E-state index in [1.54, 1.807) is 12.0 Å². The molecule has 0 aliphatic carbocycles. The number of hydrogen-bond donors (Lipinski definition) is 0. The van der Waals surface area contributed by atoms with Gasteiger partial charge in [-0.05, 0) is 35.7 Å². The lowest BCUT2D eigenvalue weighted by Gasteiger charge is -2.20. The van der Waals surface area contributed by atoms with Crippen LogP contribution in [0.2, 0.25) is 0 Å². The Hall–Kier alpha value is -2.04. The monoisotopic (exact) mass is 304 g/mol. The van der Waals surface area contributed by atoms with Crippen LogP contribution in [-0.4, -0.2) is 43.3 Å². The Labute approximate surface area is 131 Å². The Balaban J connectivity index is 1.87. The lowest BCUT2D eigenvalue weighted by atomic mass is 10.0. The first kappa shape index (κ1) is 16.3. The van der Waals surface area contributed by atoms with Gasteiger partial charge < -0.3 is 14.5 Å². The molecule has 1 unspecified atom stereocenters. The molecule has 1 aromatic rings. The zero-order valence-electron chi connectivity index (χ0n) is 13.7. The van der Waals surface area contributed by atoms with Crippen molar-refractivity contribution < 1.29 is 14.4 Å². The highest BCUT2D eigenvalue weighted by Gasteiger charge is 2.25. The van der Waals surface area contributed by atoms with Crippen LogP contribution in [-0.2, 0) is 9.63 Å². The summed E-state index contributed by atoms with van der Waals surface area (Å²) in [5.41, 5.74) is 1.94. The average Bonchev–Trinajstić information content (AvgIpc) is 2.95. The molecule has 0 radical (unpaired) electrons. The third-order valence-electron chi connectivity index (χ3n) is 3.64. The summed E-state index contributed by atoms with van der Waals surface area (Å²) < 4.78 is 5.15. The fourth-order valence-electron chi connectivity index (χ4n) is 2.39. The number of amides is 1. The van der Waals surface area contributed by atoms with Gasteiger partial charge in [0.2, 0.25) is 5.91 Å².